The number of nitrogens with zero attached hydrogens (tertiary/aromatic N) is 2. The molecule has 0 saturated heterocycles. The lowest BCUT2D eigenvalue weighted by Crippen LogP contribution is -2.26. The molecular formula is C13H10Cl2N2O. The molecule has 1 aromatic carbocycles. The molecule has 0 radical (unpaired) electrons. The van der Waals surface area contributed by atoms with Crippen LogP contribution < -0.4 is 4.90 Å². The maximum atomic E-state index is 12.2. The number of hydrogen-bond acceptors (Lipinski definition) is 2. The molecule has 0 aliphatic carbocycles. The second kappa shape index (κ2) is 5.38. The second-order valence-electron chi connectivity index (χ2n) is 3.67. The lowest BCUT2D eigenvalue weighted by atomic mass is 10.2. The van der Waals surface area contributed by atoms with Crippen LogP contribution in [0.5, 0.6) is 0 Å². The summed E-state index contributed by atoms with van der Waals surface area (Å²) in [6, 6.07) is 12.4. The number of para-hydroxylation sites is 1. The van der Waals surface area contributed by atoms with E-state index in [-0.39, 0.29) is 16.2 Å². The van der Waals surface area contributed by atoms with Gasteiger partial charge in [-0.25, -0.2) is 4.98 Å². The van der Waals surface area contributed by atoms with Crippen LogP contribution in [0, 0.1) is 0 Å². The molecule has 3 nitrogen and oxygen atoms in total. The van der Waals surface area contributed by atoms with Crippen LogP contribution in [0.25, 0.3) is 0 Å². The van der Waals surface area contributed by atoms with Gasteiger partial charge in [-0.1, -0.05) is 41.4 Å². The van der Waals surface area contributed by atoms with E-state index in [1.54, 1.807) is 19.2 Å². The number of carbonyl (C=O) groups is 1. The van der Waals surface area contributed by atoms with Gasteiger partial charge in [-0.05, 0) is 24.3 Å². The van der Waals surface area contributed by atoms with Crippen LogP contribution in [0.1, 0.15) is 10.4 Å². The molecule has 1 aromatic heterocycles. The number of rotatable bonds is 2. The normalized spacial score (nSPS) is 10.2. The minimum absolute atomic E-state index is 0.107. The van der Waals surface area contributed by atoms with Crippen molar-refractivity contribution in [1.82, 2.24) is 4.98 Å². The Balaban J connectivity index is 2.32. The first-order valence-electron chi connectivity index (χ1n) is 5.25. The van der Waals surface area contributed by atoms with Gasteiger partial charge in [-0.15, -0.1) is 0 Å². The molecule has 0 unspecified atom stereocenters. The van der Waals surface area contributed by atoms with Crippen molar-refractivity contribution < 1.29 is 4.79 Å². The summed E-state index contributed by atoms with van der Waals surface area (Å²) in [5, 5.41) is 0.370. The summed E-state index contributed by atoms with van der Waals surface area (Å²) >= 11 is 11.6. The van der Waals surface area contributed by atoms with Gasteiger partial charge in [0.1, 0.15) is 10.3 Å². The van der Waals surface area contributed by atoms with Crippen molar-refractivity contribution in [2.45, 2.75) is 0 Å². The highest BCUT2D eigenvalue weighted by atomic mass is 35.5. The Morgan fingerprint density at radius 2 is 1.78 bits per heavy atom. The maximum Gasteiger partial charge on any atom is 0.261 e. The quantitative estimate of drug-likeness (QED) is 0.787. The Bertz CT molecular complexity index is 572. The average Bonchev–Trinajstić information content (AvgIpc) is 2.38. The van der Waals surface area contributed by atoms with Crippen LogP contribution >= 0.6 is 23.2 Å². The van der Waals surface area contributed by atoms with Gasteiger partial charge in [0.25, 0.3) is 5.91 Å². The third kappa shape index (κ3) is 2.63. The van der Waals surface area contributed by atoms with E-state index in [0.717, 1.165) is 5.69 Å². The highest BCUT2D eigenvalue weighted by Crippen LogP contribution is 2.21. The fourth-order valence-corrected chi connectivity index (χ4v) is 1.95. The predicted octanol–water partition coefficient (Wildman–Crippen LogP) is 3.67. The first-order chi connectivity index (χ1) is 8.59. The largest absolute Gasteiger partial charge is 0.311 e. The van der Waals surface area contributed by atoms with Gasteiger partial charge in [-0.2, -0.15) is 0 Å². The molecule has 2 rings (SSSR count). The molecule has 0 bridgehead atoms. The third-order valence-corrected chi connectivity index (χ3v) is 2.99. The number of anilines is 1. The van der Waals surface area contributed by atoms with Gasteiger partial charge in [0.15, 0.2) is 0 Å². The lowest BCUT2D eigenvalue weighted by molar-refractivity contribution is 0.0993. The fourth-order valence-electron chi connectivity index (χ4n) is 1.52. The van der Waals surface area contributed by atoms with Gasteiger partial charge in [0.2, 0.25) is 0 Å². The highest BCUT2D eigenvalue weighted by Gasteiger charge is 2.17. The van der Waals surface area contributed by atoms with Gasteiger partial charge >= 0.3 is 0 Å². The molecule has 1 amide bonds. The second-order valence-corrected chi connectivity index (χ2v) is 4.42. The van der Waals surface area contributed by atoms with E-state index in [9.17, 15) is 4.79 Å². The van der Waals surface area contributed by atoms with Crippen LogP contribution in [0.2, 0.25) is 10.3 Å². The molecule has 0 N–H and O–H groups in total. The number of pyridine rings is 1. The summed E-state index contributed by atoms with van der Waals surface area (Å²) in [6.07, 6.45) is 0. The number of halogens is 2. The van der Waals surface area contributed by atoms with Crippen LogP contribution in [0.3, 0.4) is 0 Å². The van der Waals surface area contributed by atoms with Crippen LogP contribution in [0.4, 0.5) is 5.69 Å². The number of benzene rings is 1. The first kappa shape index (κ1) is 12.9. The topological polar surface area (TPSA) is 33.2 Å². The van der Waals surface area contributed by atoms with Crippen molar-refractivity contribution in [3.05, 3.63) is 58.3 Å². The summed E-state index contributed by atoms with van der Waals surface area (Å²) in [5.41, 5.74) is 1.11. The Hall–Kier alpha value is -1.58. The Kier molecular flexibility index (Phi) is 3.84. The molecule has 0 fully saturated rings. The van der Waals surface area contributed by atoms with E-state index < -0.39 is 0 Å². The van der Waals surface area contributed by atoms with E-state index in [4.69, 9.17) is 23.2 Å². The molecule has 2 aromatic rings. The van der Waals surface area contributed by atoms with Gasteiger partial charge in [-0.3, -0.25) is 4.79 Å². The number of aromatic nitrogens is 1. The number of carbonyl (C=O) groups excluding carboxylic acids is 1. The predicted molar refractivity (Wildman–Crippen MR) is 73.4 cm³/mol. The van der Waals surface area contributed by atoms with Crippen LogP contribution in [-0.4, -0.2) is 17.9 Å². The number of amides is 1. The van der Waals surface area contributed by atoms with Crippen LogP contribution in [0.15, 0.2) is 42.5 Å². The summed E-state index contributed by atoms with van der Waals surface area (Å²) in [4.78, 5) is 17.6. The molecule has 18 heavy (non-hydrogen) atoms. The molecule has 0 spiro atoms. The van der Waals surface area contributed by atoms with Crippen LogP contribution in [-0.2, 0) is 0 Å². The molecule has 0 aliphatic rings. The van der Waals surface area contributed by atoms with Gasteiger partial charge in [0.05, 0.1) is 5.56 Å². The van der Waals surface area contributed by atoms with Crippen molar-refractivity contribution in [3.8, 4) is 0 Å². The molecule has 0 saturated carbocycles. The maximum absolute atomic E-state index is 12.2. The summed E-state index contributed by atoms with van der Waals surface area (Å²) in [7, 11) is 1.68. The minimum atomic E-state index is -0.227. The van der Waals surface area contributed by atoms with Gasteiger partial charge < -0.3 is 4.90 Å². The Labute approximate surface area is 115 Å². The Morgan fingerprint density at radius 1 is 1.11 bits per heavy atom. The zero-order valence-electron chi connectivity index (χ0n) is 9.60. The zero-order valence-corrected chi connectivity index (χ0v) is 11.1. The van der Waals surface area contributed by atoms with Crippen molar-refractivity contribution in [2.75, 3.05) is 11.9 Å². The smallest absolute Gasteiger partial charge is 0.261 e. The fraction of sp³-hybridized carbons (Fsp3) is 0.0769. The lowest BCUT2D eigenvalue weighted by Gasteiger charge is -2.17. The summed E-state index contributed by atoms with van der Waals surface area (Å²) in [5.74, 6) is -0.227. The van der Waals surface area contributed by atoms with E-state index >= 15 is 0 Å². The molecule has 5 heteroatoms. The molecule has 1 heterocycles. The molecular weight excluding hydrogens is 271 g/mol. The minimum Gasteiger partial charge on any atom is -0.311 e. The monoisotopic (exact) mass is 280 g/mol. The van der Waals surface area contributed by atoms with E-state index in [1.165, 1.54) is 4.90 Å². The average molecular weight is 281 g/mol. The van der Waals surface area contributed by atoms with E-state index in [1.807, 2.05) is 30.3 Å². The highest BCUT2D eigenvalue weighted by molar-refractivity contribution is 6.35. The third-order valence-electron chi connectivity index (χ3n) is 2.49. The molecule has 92 valence electrons. The van der Waals surface area contributed by atoms with Crippen molar-refractivity contribution in [2.24, 2.45) is 0 Å². The van der Waals surface area contributed by atoms with Gasteiger partial charge in [0, 0.05) is 12.7 Å². The van der Waals surface area contributed by atoms with Crippen molar-refractivity contribution in [1.29, 1.82) is 0 Å². The SMILES string of the molecule is CN(C(=O)c1ccc(Cl)nc1Cl)c1ccccc1. The number of hydrogen-bond donors (Lipinski definition) is 0. The van der Waals surface area contributed by atoms with Crippen molar-refractivity contribution >= 4 is 34.8 Å². The van der Waals surface area contributed by atoms with E-state index in [2.05, 4.69) is 4.98 Å². The zero-order chi connectivity index (χ0) is 13.1. The summed E-state index contributed by atoms with van der Waals surface area (Å²) < 4.78 is 0. The molecule has 0 atom stereocenters. The first-order valence-corrected chi connectivity index (χ1v) is 6.00. The van der Waals surface area contributed by atoms with E-state index in [0.29, 0.717) is 5.56 Å². The standard InChI is InChI=1S/C13H10Cl2N2O/c1-17(9-5-3-2-4-6-9)13(18)10-7-8-11(14)16-12(10)15/h2-8H,1H3. The molecule has 0 aliphatic heterocycles. The van der Waals surface area contributed by atoms with Crippen molar-refractivity contribution in [3.63, 3.8) is 0 Å². The Morgan fingerprint density at radius 3 is 2.39 bits per heavy atom. The summed E-state index contributed by atoms with van der Waals surface area (Å²) in [6.45, 7) is 0.